The minimum Gasteiger partial charge on any atom is -0.388 e. The lowest BCUT2D eigenvalue weighted by molar-refractivity contribution is 0.229. The van der Waals surface area contributed by atoms with Crippen LogP contribution in [0.4, 0.5) is 10.6 Å². The average Bonchev–Trinajstić information content (AvgIpc) is 3.34. The van der Waals surface area contributed by atoms with Crippen molar-refractivity contribution in [2.75, 3.05) is 5.32 Å². The molecule has 0 spiro atoms. The van der Waals surface area contributed by atoms with Crippen molar-refractivity contribution < 1.29 is 14.4 Å². The third-order valence-electron chi connectivity index (χ3n) is 4.13. The molecular formula is C18H17N7O3. The molecule has 0 aliphatic heterocycles. The van der Waals surface area contributed by atoms with E-state index in [1.54, 1.807) is 24.5 Å². The largest absolute Gasteiger partial charge is 0.388 e. The lowest BCUT2D eigenvalue weighted by Gasteiger charge is -2.13. The predicted octanol–water partition coefficient (Wildman–Crippen LogP) is 2.38. The van der Waals surface area contributed by atoms with E-state index >= 15 is 0 Å². The molecule has 0 bridgehead atoms. The fraction of sp³-hybridized carbons (Fsp3) is 0.167. The van der Waals surface area contributed by atoms with Crippen molar-refractivity contribution in [1.29, 1.82) is 0 Å². The number of amides is 2. The first kappa shape index (κ1) is 17.6. The number of hydrogen-bond donors (Lipinski definition) is 4. The Balaban J connectivity index is 1.48. The second kappa shape index (κ2) is 7.45. The minimum absolute atomic E-state index is 0.242. The summed E-state index contributed by atoms with van der Waals surface area (Å²) in [5, 5.41) is 26.3. The SMILES string of the molecule is C[C@@H](NC(=O)Nc1cc2[nH]nc(-c3cc(CO)on3)c2cn1)c1ccccn1. The van der Waals surface area contributed by atoms with E-state index in [4.69, 9.17) is 9.63 Å². The number of rotatable bonds is 5. The molecule has 10 heteroatoms. The van der Waals surface area contributed by atoms with Gasteiger partial charge in [-0.1, -0.05) is 11.2 Å². The number of hydrogen-bond acceptors (Lipinski definition) is 7. The summed E-state index contributed by atoms with van der Waals surface area (Å²) in [7, 11) is 0. The highest BCUT2D eigenvalue weighted by Gasteiger charge is 2.15. The molecule has 1 atom stereocenters. The first-order valence-electron chi connectivity index (χ1n) is 8.53. The van der Waals surface area contributed by atoms with Crippen LogP contribution < -0.4 is 10.6 Å². The summed E-state index contributed by atoms with van der Waals surface area (Å²) in [5.41, 5.74) is 2.46. The zero-order chi connectivity index (χ0) is 19.5. The topological polar surface area (TPSA) is 142 Å². The number of fused-ring (bicyclic) bond motifs is 1. The molecule has 4 aromatic rings. The Labute approximate surface area is 159 Å². The average molecular weight is 379 g/mol. The van der Waals surface area contributed by atoms with Crippen LogP contribution in [-0.2, 0) is 6.61 Å². The van der Waals surface area contributed by atoms with Crippen LogP contribution in [0.25, 0.3) is 22.3 Å². The molecule has 4 rings (SSSR count). The van der Waals surface area contributed by atoms with E-state index in [0.717, 1.165) is 5.69 Å². The molecule has 0 aliphatic rings. The Bertz CT molecular complexity index is 1110. The normalized spacial score (nSPS) is 12.1. The monoisotopic (exact) mass is 379 g/mol. The zero-order valence-electron chi connectivity index (χ0n) is 14.9. The van der Waals surface area contributed by atoms with E-state index in [0.29, 0.717) is 33.9 Å². The molecule has 2 amide bonds. The van der Waals surface area contributed by atoms with Gasteiger partial charge in [0.1, 0.15) is 23.8 Å². The van der Waals surface area contributed by atoms with E-state index in [1.165, 1.54) is 0 Å². The van der Waals surface area contributed by atoms with E-state index in [-0.39, 0.29) is 12.6 Å². The summed E-state index contributed by atoms with van der Waals surface area (Å²) in [6, 6.07) is 8.15. The maximum atomic E-state index is 12.2. The molecule has 0 saturated heterocycles. The van der Waals surface area contributed by atoms with E-state index in [2.05, 4.69) is 36.0 Å². The van der Waals surface area contributed by atoms with E-state index in [9.17, 15) is 4.79 Å². The van der Waals surface area contributed by atoms with Crippen molar-refractivity contribution in [2.24, 2.45) is 0 Å². The van der Waals surface area contributed by atoms with Gasteiger partial charge in [-0.2, -0.15) is 5.10 Å². The first-order chi connectivity index (χ1) is 13.6. The number of carbonyl (C=O) groups is 1. The number of pyridine rings is 2. The molecule has 0 radical (unpaired) electrons. The Morgan fingerprint density at radius 1 is 1.32 bits per heavy atom. The molecule has 0 fully saturated rings. The molecule has 142 valence electrons. The number of anilines is 1. The third-order valence-corrected chi connectivity index (χ3v) is 4.13. The van der Waals surface area contributed by atoms with Gasteiger partial charge in [0.2, 0.25) is 0 Å². The second-order valence-corrected chi connectivity index (χ2v) is 6.10. The second-order valence-electron chi connectivity index (χ2n) is 6.10. The van der Waals surface area contributed by atoms with Crippen molar-refractivity contribution >= 4 is 22.8 Å². The van der Waals surface area contributed by atoms with Gasteiger partial charge in [-0.25, -0.2) is 9.78 Å². The zero-order valence-corrected chi connectivity index (χ0v) is 14.9. The molecule has 0 saturated carbocycles. The van der Waals surface area contributed by atoms with Crippen LogP contribution >= 0.6 is 0 Å². The third kappa shape index (κ3) is 3.53. The van der Waals surface area contributed by atoms with E-state index in [1.807, 2.05) is 25.1 Å². The van der Waals surface area contributed by atoms with Crippen molar-refractivity contribution in [3.63, 3.8) is 0 Å². The number of H-pyrrole nitrogens is 1. The lowest BCUT2D eigenvalue weighted by atomic mass is 10.2. The number of aliphatic hydroxyl groups excluding tert-OH is 1. The number of aromatic nitrogens is 5. The maximum Gasteiger partial charge on any atom is 0.320 e. The van der Waals surface area contributed by atoms with Crippen LogP contribution in [0.5, 0.6) is 0 Å². The highest BCUT2D eigenvalue weighted by Crippen LogP contribution is 2.26. The van der Waals surface area contributed by atoms with Gasteiger partial charge in [-0.05, 0) is 19.1 Å². The van der Waals surface area contributed by atoms with Crippen molar-refractivity contribution in [3.05, 3.63) is 54.2 Å². The first-order valence-corrected chi connectivity index (χ1v) is 8.53. The molecular weight excluding hydrogens is 362 g/mol. The van der Waals surface area contributed by atoms with Gasteiger partial charge in [0.15, 0.2) is 5.76 Å². The molecule has 10 nitrogen and oxygen atoms in total. The molecule has 4 heterocycles. The van der Waals surface area contributed by atoms with Crippen LogP contribution in [0.2, 0.25) is 0 Å². The van der Waals surface area contributed by atoms with Gasteiger partial charge >= 0.3 is 6.03 Å². The van der Waals surface area contributed by atoms with Gasteiger partial charge in [-0.3, -0.25) is 15.4 Å². The number of urea groups is 1. The fourth-order valence-corrected chi connectivity index (χ4v) is 2.73. The van der Waals surface area contributed by atoms with E-state index < -0.39 is 6.03 Å². The van der Waals surface area contributed by atoms with Gasteiger partial charge < -0.3 is 14.9 Å². The highest BCUT2D eigenvalue weighted by molar-refractivity contribution is 5.95. The lowest BCUT2D eigenvalue weighted by Crippen LogP contribution is -2.31. The quantitative estimate of drug-likeness (QED) is 0.417. The van der Waals surface area contributed by atoms with Gasteiger partial charge in [0.05, 0.1) is 17.3 Å². The van der Waals surface area contributed by atoms with Crippen LogP contribution in [0, 0.1) is 0 Å². The van der Waals surface area contributed by atoms with Crippen LogP contribution in [0.3, 0.4) is 0 Å². The Hall–Kier alpha value is -3.79. The molecule has 28 heavy (non-hydrogen) atoms. The fourth-order valence-electron chi connectivity index (χ4n) is 2.73. The summed E-state index contributed by atoms with van der Waals surface area (Å²) < 4.78 is 4.99. The number of nitrogens with zero attached hydrogens (tertiary/aromatic N) is 4. The minimum atomic E-state index is -0.395. The Morgan fingerprint density at radius 3 is 2.96 bits per heavy atom. The van der Waals surface area contributed by atoms with Gasteiger partial charge in [0, 0.05) is 29.9 Å². The van der Waals surface area contributed by atoms with Crippen molar-refractivity contribution in [2.45, 2.75) is 19.6 Å². The number of aliphatic hydroxyl groups is 1. The summed E-state index contributed by atoms with van der Waals surface area (Å²) in [6.07, 6.45) is 3.26. The Morgan fingerprint density at radius 2 is 2.21 bits per heavy atom. The van der Waals surface area contributed by atoms with Crippen LogP contribution in [0.1, 0.15) is 24.4 Å². The summed E-state index contributed by atoms with van der Waals surface area (Å²) >= 11 is 0. The van der Waals surface area contributed by atoms with Crippen molar-refractivity contribution in [3.8, 4) is 11.4 Å². The van der Waals surface area contributed by atoms with Gasteiger partial charge in [-0.15, -0.1) is 0 Å². The Kier molecular flexibility index (Phi) is 4.68. The molecule has 4 N–H and O–H groups in total. The summed E-state index contributed by atoms with van der Waals surface area (Å²) in [5.74, 6) is 0.709. The molecule has 4 aromatic heterocycles. The summed E-state index contributed by atoms with van der Waals surface area (Å²) in [6.45, 7) is 1.60. The smallest absolute Gasteiger partial charge is 0.320 e. The molecule has 0 unspecified atom stereocenters. The van der Waals surface area contributed by atoms with Crippen molar-refractivity contribution in [1.82, 2.24) is 30.6 Å². The van der Waals surface area contributed by atoms with Gasteiger partial charge in [0.25, 0.3) is 0 Å². The van der Waals surface area contributed by atoms with Crippen LogP contribution in [-0.4, -0.2) is 36.5 Å². The van der Waals surface area contributed by atoms with Crippen LogP contribution in [0.15, 0.2) is 47.2 Å². The number of nitrogens with one attached hydrogen (secondary N) is 3. The standard InChI is InChI=1S/C18H17N7O3/c1-10(13-4-2-3-5-19-13)21-18(27)22-16-7-14-12(8-20-16)17(24-23-14)15-6-11(9-26)28-25-15/h2-8,10,26H,9H2,1H3,(H,23,24)(H2,20,21,22,27)/t10-/m1/s1. The molecule has 0 aromatic carbocycles. The molecule has 0 aliphatic carbocycles. The number of carbonyl (C=O) groups excluding carboxylic acids is 1. The highest BCUT2D eigenvalue weighted by atomic mass is 16.5. The predicted molar refractivity (Wildman–Crippen MR) is 100 cm³/mol. The number of aromatic amines is 1. The summed E-state index contributed by atoms with van der Waals surface area (Å²) in [4.78, 5) is 20.7. The maximum absolute atomic E-state index is 12.2.